The van der Waals surface area contributed by atoms with Crippen LogP contribution in [-0.4, -0.2) is 24.4 Å². The van der Waals surface area contributed by atoms with Crippen LogP contribution in [0.2, 0.25) is 5.02 Å². The zero-order valence-corrected chi connectivity index (χ0v) is 13.9. The molecule has 0 spiro atoms. The van der Waals surface area contributed by atoms with Crippen LogP contribution in [0.15, 0.2) is 42.5 Å². The third-order valence-electron chi connectivity index (χ3n) is 3.79. The first-order chi connectivity index (χ1) is 12.4. The zero-order valence-electron chi connectivity index (χ0n) is 13.1. The Morgan fingerprint density at radius 3 is 2.58 bits per heavy atom. The molecule has 4 amide bonds. The minimum atomic E-state index is -1.28. The minimum Gasteiger partial charge on any atom is -0.336 e. The van der Waals surface area contributed by atoms with Gasteiger partial charge in [-0.1, -0.05) is 23.7 Å². The van der Waals surface area contributed by atoms with Crippen molar-refractivity contribution in [1.82, 2.24) is 5.32 Å². The molecule has 2 aromatic rings. The van der Waals surface area contributed by atoms with E-state index in [1.165, 1.54) is 24.3 Å². The molecule has 1 fully saturated rings. The summed E-state index contributed by atoms with van der Waals surface area (Å²) >= 11 is 5.69. The van der Waals surface area contributed by atoms with Crippen molar-refractivity contribution in [3.05, 3.63) is 59.1 Å². The van der Waals surface area contributed by atoms with Crippen molar-refractivity contribution in [1.29, 1.82) is 0 Å². The van der Waals surface area contributed by atoms with E-state index in [9.17, 15) is 23.2 Å². The molecule has 6 nitrogen and oxygen atoms in total. The summed E-state index contributed by atoms with van der Waals surface area (Å²) in [6.45, 7) is -0.247. The molecule has 1 unspecified atom stereocenters. The number of anilines is 2. The number of carbonyl (C=O) groups is 3. The molecule has 0 bridgehead atoms. The first kappa shape index (κ1) is 17.8. The molecule has 1 aliphatic rings. The number of rotatable bonds is 3. The van der Waals surface area contributed by atoms with Gasteiger partial charge < -0.3 is 10.6 Å². The average Bonchev–Trinajstić information content (AvgIpc) is 2.60. The number of imide groups is 1. The normalized spacial score (nSPS) is 17.0. The van der Waals surface area contributed by atoms with Crippen LogP contribution in [0, 0.1) is 17.6 Å². The van der Waals surface area contributed by atoms with Crippen LogP contribution in [-0.2, 0) is 9.59 Å². The number of urea groups is 1. The highest BCUT2D eigenvalue weighted by molar-refractivity contribution is 6.31. The van der Waals surface area contributed by atoms with Gasteiger partial charge in [-0.2, -0.15) is 0 Å². The number of halogens is 3. The fourth-order valence-corrected chi connectivity index (χ4v) is 2.64. The van der Waals surface area contributed by atoms with Crippen LogP contribution < -0.4 is 15.5 Å². The molecule has 2 aromatic carbocycles. The van der Waals surface area contributed by atoms with Crippen LogP contribution in [0.5, 0.6) is 0 Å². The lowest BCUT2D eigenvalue weighted by molar-refractivity contribution is -0.130. The molecule has 2 N–H and O–H groups in total. The number of carbonyl (C=O) groups excluding carboxylic acids is 3. The quantitative estimate of drug-likeness (QED) is 0.805. The molecule has 3 rings (SSSR count). The molecule has 9 heteroatoms. The van der Waals surface area contributed by atoms with Gasteiger partial charge in [0.05, 0.1) is 16.4 Å². The number of hydrogen-bond donors (Lipinski definition) is 2. The van der Waals surface area contributed by atoms with E-state index in [1.807, 2.05) is 0 Å². The van der Waals surface area contributed by atoms with Gasteiger partial charge in [0.1, 0.15) is 17.6 Å². The van der Waals surface area contributed by atoms with Gasteiger partial charge in [-0.25, -0.2) is 18.5 Å². The second kappa shape index (κ2) is 7.09. The second-order valence-corrected chi connectivity index (χ2v) is 5.89. The third-order valence-corrected chi connectivity index (χ3v) is 4.08. The summed E-state index contributed by atoms with van der Waals surface area (Å²) in [5.74, 6) is -4.26. The van der Waals surface area contributed by atoms with E-state index in [1.54, 1.807) is 0 Å². The summed E-state index contributed by atoms with van der Waals surface area (Å²) in [4.78, 5) is 37.7. The Kier molecular flexibility index (Phi) is 4.85. The van der Waals surface area contributed by atoms with Gasteiger partial charge in [-0.05, 0) is 30.3 Å². The number of hydrogen-bond acceptors (Lipinski definition) is 3. The van der Waals surface area contributed by atoms with Crippen LogP contribution in [0.1, 0.15) is 0 Å². The van der Waals surface area contributed by atoms with Crippen molar-refractivity contribution in [2.75, 3.05) is 16.8 Å². The topological polar surface area (TPSA) is 78.5 Å². The number of benzene rings is 2. The third kappa shape index (κ3) is 3.36. The number of nitrogens with zero attached hydrogens (tertiary/aromatic N) is 1. The molecule has 1 atom stereocenters. The highest BCUT2D eigenvalue weighted by atomic mass is 35.5. The Balaban J connectivity index is 1.84. The highest BCUT2D eigenvalue weighted by Gasteiger charge is 2.39. The first-order valence-corrected chi connectivity index (χ1v) is 7.88. The Morgan fingerprint density at radius 1 is 1.15 bits per heavy atom. The van der Waals surface area contributed by atoms with Gasteiger partial charge >= 0.3 is 6.03 Å². The van der Waals surface area contributed by atoms with Gasteiger partial charge in [0, 0.05) is 6.54 Å². The second-order valence-electron chi connectivity index (χ2n) is 5.48. The number of para-hydroxylation sites is 1. The molecule has 0 saturated carbocycles. The summed E-state index contributed by atoms with van der Waals surface area (Å²) in [5, 5.41) is 4.44. The van der Waals surface area contributed by atoms with E-state index in [4.69, 9.17) is 11.6 Å². The lowest BCUT2D eigenvalue weighted by atomic mass is 10.0. The molecule has 1 heterocycles. The summed E-state index contributed by atoms with van der Waals surface area (Å²) in [6.07, 6.45) is 0. The molecule has 1 aliphatic heterocycles. The molecule has 0 aliphatic carbocycles. The maximum atomic E-state index is 13.7. The van der Waals surface area contributed by atoms with Gasteiger partial charge in [-0.3, -0.25) is 9.59 Å². The van der Waals surface area contributed by atoms with Crippen molar-refractivity contribution in [3.8, 4) is 0 Å². The lowest BCUT2D eigenvalue weighted by Gasteiger charge is -2.30. The summed E-state index contributed by atoms with van der Waals surface area (Å²) in [7, 11) is 0. The molecule has 1 saturated heterocycles. The number of nitrogens with one attached hydrogen (secondary N) is 2. The Hall–Kier alpha value is -3.00. The largest absolute Gasteiger partial charge is 0.336 e. The summed E-state index contributed by atoms with van der Waals surface area (Å²) in [5.41, 5.74) is -0.0686. The lowest BCUT2D eigenvalue weighted by Crippen LogP contribution is -2.58. The molecule has 0 aromatic heterocycles. The fourth-order valence-electron chi connectivity index (χ4n) is 2.47. The predicted octanol–water partition coefficient (Wildman–Crippen LogP) is 2.93. The number of amides is 4. The van der Waals surface area contributed by atoms with Gasteiger partial charge in [0.15, 0.2) is 0 Å². The average molecular weight is 380 g/mol. The van der Waals surface area contributed by atoms with E-state index < -0.39 is 35.4 Å². The molecule has 134 valence electrons. The van der Waals surface area contributed by atoms with Gasteiger partial charge in [0.2, 0.25) is 11.8 Å². The van der Waals surface area contributed by atoms with E-state index in [2.05, 4.69) is 10.6 Å². The Bertz CT molecular complexity index is 907. The summed E-state index contributed by atoms with van der Waals surface area (Å²) in [6, 6.07) is 8.01. The maximum Gasteiger partial charge on any atom is 0.328 e. The van der Waals surface area contributed by atoms with Crippen LogP contribution in [0.4, 0.5) is 25.0 Å². The van der Waals surface area contributed by atoms with Crippen molar-refractivity contribution >= 4 is 40.8 Å². The van der Waals surface area contributed by atoms with Crippen LogP contribution in [0.25, 0.3) is 0 Å². The molecule has 26 heavy (non-hydrogen) atoms. The van der Waals surface area contributed by atoms with Crippen LogP contribution in [0.3, 0.4) is 0 Å². The van der Waals surface area contributed by atoms with Gasteiger partial charge in [0.25, 0.3) is 0 Å². The monoisotopic (exact) mass is 379 g/mol. The van der Waals surface area contributed by atoms with E-state index >= 15 is 0 Å². The standard InChI is InChI=1S/C17H12ClF2N3O3/c18-11-7-9(5-6-12(11)19)23-16(25)10(8-21-17(23)26)15(24)22-14-4-2-1-3-13(14)20/h1-7,10H,8H2,(H,21,26)(H,22,24). The van der Waals surface area contributed by atoms with Crippen molar-refractivity contribution in [2.24, 2.45) is 5.92 Å². The molecular weight excluding hydrogens is 368 g/mol. The summed E-state index contributed by atoms with van der Waals surface area (Å²) < 4.78 is 27.0. The van der Waals surface area contributed by atoms with E-state index in [-0.39, 0.29) is 22.9 Å². The Morgan fingerprint density at radius 2 is 1.88 bits per heavy atom. The SMILES string of the molecule is O=C(Nc1ccccc1F)C1CNC(=O)N(c2ccc(F)c(Cl)c2)C1=O. The fraction of sp³-hybridized carbons (Fsp3) is 0.118. The smallest absolute Gasteiger partial charge is 0.328 e. The van der Waals surface area contributed by atoms with Crippen LogP contribution >= 0.6 is 11.6 Å². The Labute approximate surface area is 151 Å². The first-order valence-electron chi connectivity index (χ1n) is 7.50. The minimum absolute atomic E-state index is 0.0160. The van der Waals surface area contributed by atoms with Crippen molar-refractivity contribution < 1.29 is 23.2 Å². The van der Waals surface area contributed by atoms with Crippen molar-refractivity contribution in [2.45, 2.75) is 0 Å². The highest BCUT2D eigenvalue weighted by Crippen LogP contribution is 2.26. The molecule has 0 radical (unpaired) electrons. The zero-order chi connectivity index (χ0) is 18.8. The van der Waals surface area contributed by atoms with E-state index in [0.29, 0.717) is 4.90 Å². The van der Waals surface area contributed by atoms with Gasteiger partial charge in [-0.15, -0.1) is 0 Å². The molecular formula is C17H12ClF2N3O3. The maximum absolute atomic E-state index is 13.7. The van der Waals surface area contributed by atoms with E-state index in [0.717, 1.165) is 18.2 Å². The predicted molar refractivity (Wildman–Crippen MR) is 90.8 cm³/mol. The van der Waals surface area contributed by atoms with Crippen molar-refractivity contribution in [3.63, 3.8) is 0 Å².